The van der Waals surface area contributed by atoms with Gasteiger partial charge in [0.1, 0.15) is 11.6 Å². The maximum atomic E-state index is 13.6. The van der Waals surface area contributed by atoms with Crippen LogP contribution in [0.2, 0.25) is 0 Å². The van der Waals surface area contributed by atoms with Gasteiger partial charge in [-0.05, 0) is 37.3 Å². The van der Waals surface area contributed by atoms with E-state index < -0.39 is 17.7 Å². The van der Waals surface area contributed by atoms with Crippen molar-refractivity contribution in [3.8, 4) is 11.5 Å². The number of hydrogen-bond donors (Lipinski definition) is 1. The molecule has 2 rings (SSSR count). The van der Waals surface area contributed by atoms with E-state index in [1.54, 1.807) is 0 Å². The number of ether oxygens (including phenoxy) is 1. The molecule has 2 nitrogen and oxygen atoms in total. The molecule has 0 aliphatic rings. The van der Waals surface area contributed by atoms with E-state index in [1.165, 1.54) is 43.3 Å². The van der Waals surface area contributed by atoms with E-state index >= 15 is 0 Å². The van der Waals surface area contributed by atoms with Crippen LogP contribution in [0.5, 0.6) is 11.5 Å². The maximum Gasteiger partial charge on any atom is 0.165 e. The third-order valence-corrected chi connectivity index (χ3v) is 3.04. The minimum absolute atomic E-state index is 0.00174. The van der Waals surface area contributed by atoms with Gasteiger partial charge in [0.05, 0.1) is 11.7 Å². The second kappa shape index (κ2) is 5.67. The van der Waals surface area contributed by atoms with E-state index in [1.807, 2.05) is 0 Å². The molecule has 0 fully saturated rings. The first-order chi connectivity index (χ1) is 8.99. The Balaban J connectivity index is 2.44. The Hall–Kier alpha value is -1.46. The highest BCUT2D eigenvalue weighted by molar-refractivity contribution is 9.10. The smallest absolute Gasteiger partial charge is 0.165 e. The molecule has 2 aromatic rings. The number of benzene rings is 2. The summed E-state index contributed by atoms with van der Waals surface area (Å²) in [5.41, 5.74) is 0.00174. The monoisotopic (exact) mass is 328 g/mol. The van der Waals surface area contributed by atoms with Crippen LogP contribution in [0.4, 0.5) is 8.78 Å². The standard InChI is InChI=1S/C14H11BrF2O2/c1-8(18)14-11(17)3-2-4-12(14)19-13-7-9(15)5-6-10(13)16/h2-8,18H,1H3/t8-/m1/s1. The van der Waals surface area contributed by atoms with Gasteiger partial charge in [0, 0.05) is 4.47 Å². The van der Waals surface area contributed by atoms with Gasteiger partial charge in [0.2, 0.25) is 0 Å². The average molecular weight is 329 g/mol. The molecule has 5 heteroatoms. The van der Waals surface area contributed by atoms with E-state index in [4.69, 9.17) is 4.74 Å². The van der Waals surface area contributed by atoms with Crippen LogP contribution in [0.15, 0.2) is 40.9 Å². The minimum atomic E-state index is -1.05. The Kier molecular flexibility index (Phi) is 4.17. The van der Waals surface area contributed by atoms with Gasteiger partial charge >= 0.3 is 0 Å². The van der Waals surface area contributed by atoms with E-state index in [-0.39, 0.29) is 17.1 Å². The molecular formula is C14H11BrF2O2. The van der Waals surface area contributed by atoms with Crippen LogP contribution in [0.3, 0.4) is 0 Å². The lowest BCUT2D eigenvalue weighted by Crippen LogP contribution is -2.00. The fourth-order valence-corrected chi connectivity index (χ4v) is 2.03. The molecule has 0 unspecified atom stereocenters. The molecule has 1 atom stereocenters. The molecule has 2 aromatic carbocycles. The van der Waals surface area contributed by atoms with Crippen molar-refractivity contribution in [2.24, 2.45) is 0 Å². The molecular weight excluding hydrogens is 318 g/mol. The number of aliphatic hydroxyl groups excluding tert-OH is 1. The van der Waals surface area contributed by atoms with Crippen molar-refractivity contribution in [1.29, 1.82) is 0 Å². The molecule has 0 spiro atoms. The maximum absolute atomic E-state index is 13.6. The van der Waals surface area contributed by atoms with Crippen molar-refractivity contribution in [3.63, 3.8) is 0 Å². The summed E-state index contributed by atoms with van der Waals surface area (Å²) in [6.45, 7) is 1.42. The van der Waals surface area contributed by atoms with Crippen LogP contribution in [0.25, 0.3) is 0 Å². The second-order valence-electron chi connectivity index (χ2n) is 4.00. The molecule has 0 amide bonds. The van der Waals surface area contributed by atoms with Crippen molar-refractivity contribution >= 4 is 15.9 Å². The Bertz CT molecular complexity index is 600. The zero-order valence-electron chi connectivity index (χ0n) is 10.0. The number of halogens is 3. The summed E-state index contributed by atoms with van der Waals surface area (Å²) in [5, 5.41) is 9.56. The van der Waals surface area contributed by atoms with Gasteiger partial charge in [0.15, 0.2) is 11.6 Å². The summed E-state index contributed by atoms with van der Waals surface area (Å²) in [6, 6.07) is 8.33. The van der Waals surface area contributed by atoms with Crippen LogP contribution < -0.4 is 4.74 Å². The Morgan fingerprint density at radius 3 is 2.53 bits per heavy atom. The predicted molar refractivity (Wildman–Crippen MR) is 71.2 cm³/mol. The van der Waals surface area contributed by atoms with Gasteiger partial charge in [-0.1, -0.05) is 22.0 Å². The van der Waals surface area contributed by atoms with Gasteiger partial charge in [0.25, 0.3) is 0 Å². The molecule has 0 bridgehead atoms. The largest absolute Gasteiger partial charge is 0.454 e. The molecule has 0 aliphatic carbocycles. The zero-order chi connectivity index (χ0) is 14.0. The van der Waals surface area contributed by atoms with Gasteiger partial charge < -0.3 is 9.84 Å². The summed E-state index contributed by atoms with van der Waals surface area (Å²) in [7, 11) is 0. The topological polar surface area (TPSA) is 29.5 Å². The molecule has 100 valence electrons. The normalized spacial score (nSPS) is 12.3. The summed E-state index contributed by atoms with van der Waals surface area (Å²) in [4.78, 5) is 0. The molecule has 0 aromatic heterocycles. The second-order valence-corrected chi connectivity index (χ2v) is 4.92. The lowest BCUT2D eigenvalue weighted by atomic mass is 10.1. The van der Waals surface area contributed by atoms with Gasteiger partial charge in [-0.25, -0.2) is 8.78 Å². The highest BCUT2D eigenvalue weighted by Crippen LogP contribution is 2.33. The van der Waals surface area contributed by atoms with Crippen LogP contribution in [0.1, 0.15) is 18.6 Å². The summed E-state index contributed by atoms with van der Waals surface area (Å²) >= 11 is 3.20. The highest BCUT2D eigenvalue weighted by atomic mass is 79.9. The quantitative estimate of drug-likeness (QED) is 0.894. The molecule has 0 aliphatic heterocycles. The van der Waals surface area contributed by atoms with E-state index in [0.717, 1.165) is 0 Å². The molecule has 0 heterocycles. The van der Waals surface area contributed by atoms with Crippen LogP contribution >= 0.6 is 15.9 Å². The van der Waals surface area contributed by atoms with Crippen LogP contribution in [0, 0.1) is 11.6 Å². The van der Waals surface area contributed by atoms with Gasteiger partial charge in [-0.3, -0.25) is 0 Å². The number of rotatable bonds is 3. The molecule has 0 radical (unpaired) electrons. The fourth-order valence-electron chi connectivity index (χ4n) is 1.69. The zero-order valence-corrected chi connectivity index (χ0v) is 11.6. The average Bonchev–Trinajstić information content (AvgIpc) is 2.33. The fraction of sp³-hybridized carbons (Fsp3) is 0.143. The number of hydrogen-bond acceptors (Lipinski definition) is 2. The third kappa shape index (κ3) is 3.11. The first-order valence-corrected chi connectivity index (χ1v) is 6.37. The molecule has 19 heavy (non-hydrogen) atoms. The van der Waals surface area contributed by atoms with Crippen molar-refractivity contribution in [2.75, 3.05) is 0 Å². The van der Waals surface area contributed by atoms with Crippen LogP contribution in [-0.4, -0.2) is 5.11 Å². The SMILES string of the molecule is C[C@@H](O)c1c(F)cccc1Oc1cc(Br)ccc1F. The predicted octanol–water partition coefficient (Wildman–Crippen LogP) is 4.57. The van der Waals surface area contributed by atoms with E-state index in [2.05, 4.69) is 15.9 Å². The lowest BCUT2D eigenvalue weighted by Gasteiger charge is -2.14. The summed E-state index contributed by atoms with van der Waals surface area (Å²) in [6.07, 6.45) is -1.05. The number of aliphatic hydroxyl groups is 1. The van der Waals surface area contributed by atoms with Gasteiger partial charge in [-0.2, -0.15) is 0 Å². The van der Waals surface area contributed by atoms with Gasteiger partial charge in [-0.15, -0.1) is 0 Å². The van der Waals surface area contributed by atoms with Crippen molar-refractivity contribution in [1.82, 2.24) is 0 Å². The summed E-state index contributed by atoms with van der Waals surface area (Å²) < 4.78 is 33.2. The van der Waals surface area contributed by atoms with Crippen molar-refractivity contribution in [3.05, 3.63) is 58.1 Å². The first-order valence-electron chi connectivity index (χ1n) is 5.58. The Morgan fingerprint density at radius 1 is 1.11 bits per heavy atom. The lowest BCUT2D eigenvalue weighted by molar-refractivity contribution is 0.190. The first kappa shape index (κ1) is 14.0. The van der Waals surface area contributed by atoms with E-state index in [9.17, 15) is 13.9 Å². The Labute approximate surface area is 117 Å². The third-order valence-electron chi connectivity index (χ3n) is 2.54. The Morgan fingerprint density at radius 2 is 1.84 bits per heavy atom. The van der Waals surface area contributed by atoms with E-state index in [0.29, 0.717) is 4.47 Å². The molecule has 0 saturated carbocycles. The summed E-state index contributed by atoms with van der Waals surface area (Å²) in [5.74, 6) is -1.11. The molecule has 1 N–H and O–H groups in total. The van der Waals surface area contributed by atoms with Crippen LogP contribution in [-0.2, 0) is 0 Å². The van der Waals surface area contributed by atoms with Crippen molar-refractivity contribution < 1.29 is 18.6 Å². The highest BCUT2D eigenvalue weighted by Gasteiger charge is 2.16. The van der Waals surface area contributed by atoms with Crippen molar-refractivity contribution in [2.45, 2.75) is 13.0 Å². The molecule has 0 saturated heterocycles. The minimum Gasteiger partial charge on any atom is -0.454 e.